The van der Waals surface area contributed by atoms with Gasteiger partial charge in [-0.25, -0.2) is 0 Å². The van der Waals surface area contributed by atoms with Crippen LogP contribution >= 0.6 is 11.3 Å². The van der Waals surface area contributed by atoms with Crippen LogP contribution in [0.4, 0.5) is 0 Å². The molecule has 0 radical (unpaired) electrons. The lowest BCUT2D eigenvalue weighted by Crippen LogP contribution is -2.24. The first kappa shape index (κ1) is 14.8. The van der Waals surface area contributed by atoms with Crippen LogP contribution in [0.2, 0.25) is 0 Å². The molecule has 19 heavy (non-hydrogen) atoms. The van der Waals surface area contributed by atoms with E-state index in [1.807, 2.05) is 6.92 Å². The van der Waals surface area contributed by atoms with Gasteiger partial charge in [-0.15, -0.1) is 0 Å². The first-order valence-corrected chi connectivity index (χ1v) is 8.96. The quantitative estimate of drug-likeness (QED) is 0.821. The highest BCUT2D eigenvalue weighted by molar-refractivity contribution is 7.93. The van der Waals surface area contributed by atoms with Gasteiger partial charge in [0.1, 0.15) is 10.6 Å². The topological polar surface area (TPSA) is 65.0 Å². The summed E-state index contributed by atoms with van der Waals surface area (Å²) in [5, 5.41) is 2.93. The standard InChI is InChI=1S/C13H20N2O2S2/c1-2-19(17)13-15-9-11(18-13)12(16)14-8-7-10-5-3-4-6-10/h9-10H,2-8H2,1H3,(H,14,16). The largest absolute Gasteiger partial charge is 0.610 e. The fourth-order valence-corrected chi connectivity index (χ4v) is 4.34. The third kappa shape index (κ3) is 4.19. The second kappa shape index (κ2) is 7.26. The second-order valence-electron chi connectivity index (χ2n) is 4.82. The normalized spacial score (nSPS) is 17.6. The van der Waals surface area contributed by atoms with Crippen molar-refractivity contribution in [3.05, 3.63) is 11.1 Å². The Kier molecular flexibility index (Phi) is 5.66. The van der Waals surface area contributed by atoms with Gasteiger partial charge in [0.15, 0.2) is 0 Å². The van der Waals surface area contributed by atoms with Crippen LogP contribution in [0, 0.1) is 5.92 Å². The lowest BCUT2D eigenvalue weighted by atomic mass is 10.0. The molecular weight excluding hydrogens is 280 g/mol. The molecule has 4 nitrogen and oxygen atoms in total. The Balaban J connectivity index is 1.77. The third-order valence-corrected chi connectivity index (χ3v) is 6.10. The van der Waals surface area contributed by atoms with E-state index in [9.17, 15) is 9.35 Å². The van der Waals surface area contributed by atoms with Crippen LogP contribution in [0.5, 0.6) is 0 Å². The predicted molar refractivity (Wildman–Crippen MR) is 78.0 cm³/mol. The lowest BCUT2D eigenvalue weighted by Gasteiger charge is -2.08. The number of aromatic nitrogens is 1. The van der Waals surface area contributed by atoms with Crippen molar-refractivity contribution in [3.63, 3.8) is 0 Å². The van der Waals surface area contributed by atoms with E-state index >= 15 is 0 Å². The Hall–Kier alpha value is -0.590. The predicted octanol–water partition coefficient (Wildman–Crippen LogP) is 2.58. The van der Waals surface area contributed by atoms with Crippen molar-refractivity contribution in [2.24, 2.45) is 5.92 Å². The first-order chi connectivity index (χ1) is 9.20. The number of hydrogen-bond donors (Lipinski definition) is 1. The Bertz CT molecular complexity index is 417. The molecule has 106 valence electrons. The molecule has 1 N–H and O–H groups in total. The average molecular weight is 300 g/mol. The summed E-state index contributed by atoms with van der Waals surface area (Å²) in [5.41, 5.74) is 0. The van der Waals surface area contributed by atoms with Gasteiger partial charge in [0.25, 0.3) is 5.91 Å². The van der Waals surface area contributed by atoms with Crippen LogP contribution in [0.3, 0.4) is 0 Å². The zero-order valence-electron chi connectivity index (χ0n) is 11.2. The van der Waals surface area contributed by atoms with Crippen LogP contribution in [0.25, 0.3) is 0 Å². The summed E-state index contributed by atoms with van der Waals surface area (Å²) in [5.74, 6) is 1.23. The summed E-state index contributed by atoms with van der Waals surface area (Å²) < 4.78 is 12.1. The highest BCUT2D eigenvalue weighted by atomic mass is 32.2. The van der Waals surface area contributed by atoms with Gasteiger partial charge in [0, 0.05) is 17.7 Å². The van der Waals surface area contributed by atoms with Crippen molar-refractivity contribution in [1.29, 1.82) is 0 Å². The van der Waals surface area contributed by atoms with Crippen molar-refractivity contribution in [3.8, 4) is 0 Å². The molecule has 1 aromatic heterocycles. The first-order valence-electron chi connectivity index (χ1n) is 6.83. The Morgan fingerprint density at radius 1 is 1.58 bits per heavy atom. The summed E-state index contributed by atoms with van der Waals surface area (Å²) in [6.45, 7) is 2.58. The molecule has 1 saturated carbocycles. The molecule has 1 aliphatic rings. The van der Waals surface area contributed by atoms with Crippen LogP contribution in [-0.4, -0.2) is 27.7 Å². The van der Waals surface area contributed by atoms with Crippen molar-refractivity contribution >= 4 is 28.4 Å². The summed E-state index contributed by atoms with van der Waals surface area (Å²) in [4.78, 5) is 16.5. The highest BCUT2D eigenvalue weighted by Gasteiger charge is 2.18. The second-order valence-corrected chi connectivity index (χ2v) is 7.76. The van der Waals surface area contributed by atoms with E-state index < -0.39 is 11.2 Å². The van der Waals surface area contributed by atoms with Crippen LogP contribution in [0.15, 0.2) is 10.5 Å². The lowest BCUT2D eigenvalue weighted by molar-refractivity contribution is 0.0955. The number of rotatable bonds is 6. The molecule has 0 saturated heterocycles. The Morgan fingerprint density at radius 2 is 2.32 bits per heavy atom. The average Bonchev–Trinajstić information content (AvgIpc) is 3.08. The van der Waals surface area contributed by atoms with Crippen LogP contribution in [0.1, 0.15) is 48.7 Å². The van der Waals surface area contributed by atoms with Crippen molar-refractivity contribution in [2.75, 3.05) is 12.3 Å². The summed E-state index contributed by atoms with van der Waals surface area (Å²) in [7, 11) is 0. The van der Waals surface area contributed by atoms with Gasteiger partial charge in [-0.05, 0) is 19.3 Å². The molecule has 6 heteroatoms. The Morgan fingerprint density at radius 3 is 3.00 bits per heavy atom. The minimum atomic E-state index is -1.07. The molecule has 1 fully saturated rings. The Labute approximate surface area is 121 Å². The molecule has 0 aliphatic heterocycles. The number of thiazole rings is 1. The van der Waals surface area contributed by atoms with E-state index in [-0.39, 0.29) is 5.91 Å². The molecule has 0 spiro atoms. The molecule has 0 aromatic carbocycles. The van der Waals surface area contributed by atoms with Gasteiger partial charge in [0.05, 0.1) is 6.20 Å². The number of hydrogen-bond acceptors (Lipinski definition) is 4. The number of nitrogens with zero attached hydrogens (tertiary/aromatic N) is 1. The third-order valence-electron chi connectivity index (χ3n) is 3.48. The van der Waals surface area contributed by atoms with Gasteiger partial charge in [-0.1, -0.05) is 37.0 Å². The van der Waals surface area contributed by atoms with Crippen molar-refractivity contribution in [1.82, 2.24) is 10.3 Å². The smallest absolute Gasteiger partial charge is 0.302 e. The molecule has 1 aromatic rings. The molecule has 1 amide bonds. The molecule has 2 rings (SSSR count). The maximum Gasteiger partial charge on any atom is 0.302 e. The minimum absolute atomic E-state index is 0.0881. The number of amides is 1. The molecule has 0 bridgehead atoms. The minimum Gasteiger partial charge on any atom is -0.610 e. The van der Waals surface area contributed by atoms with Gasteiger partial charge in [0.2, 0.25) is 0 Å². The fourth-order valence-electron chi connectivity index (χ4n) is 2.37. The SMILES string of the molecule is CC[S+]([O-])c1ncc(C(=O)NCCC2CCCC2)s1. The van der Waals surface area contributed by atoms with Crippen LogP contribution in [-0.2, 0) is 11.2 Å². The summed E-state index contributed by atoms with van der Waals surface area (Å²) in [6.07, 6.45) is 7.86. The number of nitrogens with one attached hydrogen (secondary N) is 1. The van der Waals surface area contributed by atoms with E-state index in [0.29, 0.717) is 15.0 Å². The van der Waals surface area contributed by atoms with E-state index in [1.165, 1.54) is 43.2 Å². The molecule has 1 aliphatic carbocycles. The molecule has 1 unspecified atom stereocenters. The molecular formula is C13H20N2O2S2. The van der Waals surface area contributed by atoms with E-state index in [4.69, 9.17) is 0 Å². The summed E-state index contributed by atoms with van der Waals surface area (Å²) >= 11 is 0.167. The van der Waals surface area contributed by atoms with Gasteiger partial charge in [-0.3, -0.25) is 4.79 Å². The zero-order valence-corrected chi connectivity index (χ0v) is 12.8. The maximum absolute atomic E-state index is 11.9. The fraction of sp³-hybridized carbons (Fsp3) is 0.692. The van der Waals surface area contributed by atoms with Gasteiger partial charge < -0.3 is 9.87 Å². The monoisotopic (exact) mass is 300 g/mol. The van der Waals surface area contributed by atoms with E-state index in [2.05, 4.69) is 10.3 Å². The van der Waals surface area contributed by atoms with Gasteiger partial charge >= 0.3 is 4.34 Å². The molecule has 1 heterocycles. The van der Waals surface area contributed by atoms with Gasteiger partial charge in [-0.2, -0.15) is 4.98 Å². The van der Waals surface area contributed by atoms with Crippen molar-refractivity contribution < 1.29 is 9.35 Å². The van der Waals surface area contributed by atoms with Crippen LogP contribution < -0.4 is 5.32 Å². The maximum atomic E-state index is 11.9. The summed E-state index contributed by atoms with van der Waals surface area (Å²) in [6, 6.07) is 0. The molecule has 1 atom stereocenters. The number of carbonyl (C=O) groups is 1. The van der Waals surface area contributed by atoms with E-state index in [1.54, 1.807) is 0 Å². The van der Waals surface area contributed by atoms with E-state index in [0.717, 1.165) is 18.9 Å². The van der Waals surface area contributed by atoms with Crippen molar-refractivity contribution in [2.45, 2.75) is 43.4 Å². The number of carbonyl (C=O) groups excluding carboxylic acids is 1. The zero-order chi connectivity index (χ0) is 13.7. The highest BCUT2D eigenvalue weighted by Crippen LogP contribution is 2.27.